The van der Waals surface area contributed by atoms with Gasteiger partial charge in [-0.05, 0) is 42.9 Å². The Morgan fingerprint density at radius 1 is 1.30 bits per heavy atom. The van der Waals surface area contributed by atoms with E-state index < -0.39 is 0 Å². The van der Waals surface area contributed by atoms with Crippen LogP contribution >= 0.6 is 0 Å². The van der Waals surface area contributed by atoms with Crippen LogP contribution in [0.2, 0.25) is 0 Å². The van der Waals surface area contributed by atoms with Crippen LogP contribution in [-0.4, -0.2) is 11.7 Å². The molecule has 0 spiro atoms. The molecule has 0 radical (unpaired) electrons. The first-order valence-corrected chi connectivity index (χ1v) is 4.43. The molecule has 2 fully saturated rings. The minimum absolute atomic E-state index is 0.433. The van der Waals surface area contributed by atoms with Crippen molar-refractivity contribution < 1.29 is 5.11 Å². The van der Waals surface area contributed by atoms with E-state index in [-0.39, 0.29) is 0 Å². The highest BCUT2D eigenvalue weighted by Crippen LogP contribution is 2.51. The van der Waals surface area contributed by atoms with E-state index in [0.29, 0.717) is 12.5 Å². The summed E-state index contributed by atoms with van der Waals surface area (Å²) in [7, 11) is 0. The average molecular weight is 140 g/mol. The Labute approximate surface area is 62.4 Å². The van der Waals surface area contributed by atoms with Crippen molar-refractivity contribution in [3.05, 3.63) is 0 Å². The first kappa shape index (κ1) is 6.66. The maximum absolute atomic E-state index is 9.06. The summed E-state index contributed by atoms with van der Waals surface area (Å²) in [6, 6.07) is 0. The lowest BCUT2D eigenvalue weighted by molar-refractivity contribution is 0.134. The first-order chi connectivity index (χ1) is 4.83. The second-order valence-electron chi connectivity index (χ2n) is 4.04. The van der Waals surface area contributed by atoms with Gasteiger partial charge in [-0.25, -0.2) is 0 Å². The molecule has 2 rings (SSSR count). The number of aliphatic hydroxyl groups is 1. The fraction of sp³-hybridized carbons (Fsp3) is 1.00. The summed E-state index contributed by atoms with van der Waals surface area (Å²) < 4.78 is 0. The number of rotatable bonds is 1. The van der Waals surface area contributed by atoms with E-state index in [2.05, 4.69) is 6.92 Å². The van der Waals surface area contributed by atoms with Gasteiger partial charge in [0, 0.05) is 6.61 Å². The lowest BCUT2D eigenvalue weighted by Crippen LogP contribution is -2.22. The Morgan fingerprint density at radius 3 is 2.40 bits per heavy atom. The highest BCUT2D eigenvalue weighted by atomic mass is 16.3. The van der Waals surface area contributed by atoms with Gasteiger partial charge in [0.1, 0.15) is 0 Å². The van der Waals surface area contributed by atoms with Gasteiger partial charge >= 0.3 is 0 Å². The molecule has 2 aliphatic rings. The molecular formula is C9H16O. The molecule has 1 nitrogen and oxygen atoms in total. The highest BCUT2D eigenvalue weighted by molar-refractivity contribution is 4.93. The van der Waals surface area contributed by atoms with Crippen LogP contribution in [0.15, 0.2) is 0 Å². The van der Waals surface area contributed by atoms with E-state index in [1.165, 1.54) is 19.3 Å². The lowest BCUT2D eigenvalue weighted by Gasteiger charge is -2.25. The van der Waals surface area contributed by atoms with Gasteiger partial charge < -0.3 is 5.11 Å². The topological polar surface area (TPSA) is 20.2 Å². The number of fused-ring (bicyclic) bond motifs is 2. The molecule has 1 N–H and O–H groups in total. The molecule has 1 heteroatoms. The quantitative estimate of drug-likeness (QED) is 0.587. The highest BCUT2D eigenvalue weighted by Gasteiger charge is 2.44. The molecule has 0 heterocycles. The maximum atomic E-state index is 9.06. The van der Waals surface area contributed by atoms with E-state index in [1.807, 2.05) is 0 Å². The number of hydrogen-bond donors (Lipinski definition) is 1. The molecule has 0 aliphatic heterocycles. The molecule has 0 saturated heterocycles. The SMILES string of the molecule is CC1[C@H]2CC[C@H](C2)[C@H]1CO. The normalized spacial score (nSPS) is 52.2. The molecule has 0 aromatic rings. The molecular weight excluding hydrogens is 124 g/mol. The third-order valence-corrected chi connectivity index (χ3v) is 3.75. The Bertz CT molecular complexity index is 131. The van der Waals surface area contributed by atoms with Crippen LogP contribution in [-0.2, 0) is 0 Å². The molecule has 2 bridgehead atoms. The zero-order valence-electron chi connectivity index (χ0n) is 6.59. The molecule has 0 aromatic carbocycles. The van der Waals surface area contributed by atoms with Gasteiger partial charge in [0.15, 0.2) is 0 Å². The molecule has 2 saturated carbocycles. The van der Waals surface area contributed by atoms with Crippen molar-refractivity contribution in [2.24, 2.45) is 23.7 Å². The summed E-state index contributed by atoms with van der Waals surface area (Å²) in [5.74, 6) is 3.30. The summed E-state index contributed by atoms with van der Waals surface area (Å²) in [6.45, 7) is 2.74. The standard InChI is InChI=1S/C9H16O/c1-6-7-2-3-8(4-7)9(6)5-10/h6-10H,2-5H2,1H3/t6?,7-,8+,9-/m0/s1. The zero-order valence-corrected chi connectivity index (χ0v) is 6.59. The summed E-state index contributed by atoms with van der Waals surface area (Å²) in [6.07, 6.45) is 4.23. The van der Waals surface area contributed by atoms with Gasteiger partial charge in [0.05, 0.1) is 0 Å². The molecule has 2 aliphatic carbocycles. The third kappa shape index (κ3) is 0.731. The summed E-state index contributed by atoms with van der Waals surface area (Å²) >= 11 is 0. The van der Waals surface area contributed by atoms with E-state index in [4.69, 9.17) is 5.11 Å². The fourth-order valence-corrected chi connectivity index (χ4v) is 3.01. The van der Waals surface area contributed by atoms with E-state index in [0.717, 1.165) is 17.8 Å². The third-order valence-electron chi connectivity index (χ3n) is 3.75. The predicted octanol–water partition coefficient (Wildman–Crippen LogP) is 1.66. The minimum atomic E-state index is 0.433. The average Bonchev–Trinajstić information content (AvgIpc) is 2.46. The fourth-order valence-electron chi connectivity index (χ4n) is 3.01. The van der Waals surface area contributed by atoms with Gasteiger partial charge in [0.2, 0.25) is 0 Å². The summed E-state index contributed by atoms with van der Waals surface area (Å²) in [5, 5.41) is 9.06. The van der Waals surface area contributed by atoms with Crippen LogP contribution < -0.4 is 0 Å². The molecule has 4 atom stereocenters. The van der Waals surface area contributed by atoms with Crippen LogP contribution in [0.3, 0.4) is 0 Å². The van der Waals surface area contributed by atoms with E-state index in [1.54, 1.807) is 0 Å². The van der Waals surface area contributed by atoms with Gasteiger partial charge in [-0.15, -0.1) is 0 Å². The van der Waals surface area contributed by atoms with E-state index >= 15 is 0 Å². The Balaban J connectivity index is 2.10. The molecule has 0 amide bonds. The van der Waals surface area contributed by atoms with Crippen molar-refractivity contribution in [2.75, 3.05) is 6.61 Å². The zero-order chi connectivity index (χ0) is 7.14. The van der Waals surface area contributed by atoms with Crippen LogP contribution in [0.1, 0.15) is 26.2 Å². The van der Waals surface area contributed by atoms with Crippen LogP contribution in [0, 0.1) is 23.7 Å². The second-order valence-corrected chi connectivity index (χ2v) is 4.04. The molecule has 1 unspecified atom stereocenters. The van der Waals surface area contributed by atoms with Crippen LogP contribution in [0.25, 0.3) is 0 Å². The summed E-state index contributed by atoms with van der Waals surface area (Å²) in [4.78, 5) is 0. The molecule has 58 valence electrons. The molecule has 10 heavy (non-hydrogen) atoms. The van der Waals surface area contributed by atoms with Crippen LogP contribution in [0.4, 0.5) is 0 Å². The Hall–Kier alpha value is -0.0400. The lowest BCUT2D eigenvalue weighted by atomic mass is 9.81. The van der Waals surface area contributed by atoms with Gasteiger partial charge in [-0.3, -0.25) is 0 Å². The smallest absolute Gasteiger partial charge is 0.0464 e. The largest absolute Gasteiger partial charge is 0.396 e. The first-order valence-electron chi connectivity index (χ1n) is 4.43. The number of hydrogen-bond acceptors (Lipinski definition) is 1. The van der Waals surface area contributed by atoms with Crippen molar-refractivity contribution in [2.45, 2.75) is 26.2 Å². The van der Waals surface area contributed by atoms with Crippen molar-refractivity contribution in [1.29, 1.82) is 0 Å². The van der Waals surface area contributed by atoms with Crippen molar-refractivity contribution >= 4 is 0 Å². The summed E-state index contributed by atoms with van der Waals surface area (Å²) in [5.41, 5.74) is 0. The van der Waals surface area contributed by atoms with Crippen LogP contribution in [0.5, 0.6) is 0 Å². The Morgan fingerprint density at radius 2 is 2.00 bits per heavy atom. The van der Waals surface area contributed by atoms with Gasteiger partial charge in [0.25, 0.3) is 0 Å². The second kappa shape index (κ2) is 2.23. The maximum Gasteiger partial charge on any atom is 0.0464 e. The van der Waals surface area contributed by atoms with Crippen molar-refractivity contribution in [1.82, 2.24) is 0 Å². The Kier molecular flexibility index (Phi) is 1.48. The monoisotopic (exact) mass is 140 g/mol. The van der Waals surface area contributed by atoms with Crippen molar-refractivity contribution in [3.63, 3.8) is 0 Å². The minimum Gasteiger partial charge on any atom is -0.396 e. The predicted molar refractivity (Wildman–Crippen MR) is 40.6 cm³/mol. The van der Waals surface area contributed by atoms with E-state index in [9.17, 15) is 0 Å². The molecule has 0 aromatic heterocycles. The van der Waals surface area contributed by atoms with Gasteiger partial charge in [-0.2, -0.15) is 0 Å². The van der Waals surface area contributed by atoms with Gasteiger partial charge in [-0.1, -0.05) is 6.92 Å². The van der Waals surface area contributed by atoms with Crippen molar-refractivity contribution in [3.8, 4) is 0 Å². The number of aliphatic hydroxyl groups excluding tert-OH is 1.